The lowest BCUT2D eigenvalue weighted by molar-refractivity contribution is -0.119. The van der Waals surface area contributed by atoms with Crippen LogP contribution in [0.15, 0.2) is 40.6 Å². The van der Waals surface area contributed by atoms with E-state index in [9.17, 15) is 13.2 Å². The average molecular weight is 497 g/mol. The Bertz CT molecular complexity index is 869. The summed E-state index contributed by atoms with van der Waals surface area (Å²) in [6, 6.07) is 9.72. The number of hydrogen-bond acceptors (Lipinski definition) is 4. The van der Waals surface area contributed by atoms with Crippen molar-refractivity contribution in [2.45, 2.75) is 23.1 Å². The fourth-order valence-corrected chi connectivity index (χ4v) is 6.45. The second-order valence-corrected chi connectivity index (χ2v) is 10.4. The van der Waals surface area contributed by atoms with E-state index in [0.717, 1.165) is 14.9 Å². The van der Waals surface area contributed by atoms with Crippen LogP contribution in [0.3, 0.4) is 0 Å². The van der Waals surface area contributed by atoms with E-state index in [1.54, 1.807) is 12.1 Å². The molecule has 0 saturated carbocycles. The molecule has 5 nitrogen and oxygen atoms in total. The van der Waals surface area contributed by atoms with Crippen molar-refractivity contribution in [3.63, 3.8) is 0 Å². The van der Waals surface area contributed by atoms with Gasteiger partial charge in [-0.25, -0.2) is 8.42 Å². The molecule has 0 radical (unpaired) electrons. The van der Waals surface area contributed by atoms with Crippen molar-refractivity contribution < 1.29 is 13.2 Å². The number of nitrogens with one attached hydrogen (secondary N) is 1. The number of halogens is 2. The number of benzene rings is 1. The van der Waals surface area contributed by atoms with Gasteiger partial charge < -0.3 is 5.32 Å². The maximum absolute atomic E-state index is 12.8. The molecule has 2 aromatic rings. The molecule has 0 unspecified atom stereocenters. The average Bonchev–Trinajstić information content (AvgIpc) is 3.16. The third-order valence-electron chi connectivity index (χ3n) is 3.71. The molecule has 1 aromatic carbocycles. The number of carbonyl (C=O) groups is 1. The first-order chi connectivity index (χ1) is 11.4. The van der Waals surface area contributed by atoms with Crippen molar-refractivity contribution in [2.75, 3.05) is 11.9 Å². The third-order valence-corrected chi connectivity index (χ3v) is 7.99. The van der Waals surface area contributed by atoms with Crippen LogP contribution in [0, 0.1) is 3.57 Å². The molecule has 3 rings (SSSR count). The quantitative estimate of drug-likeness (QED) is 0.655. The van der Waals surface area contributed by atoms with Crippen LogP contribution >= 0.6 is 45.5 Å². The van der Waals surface area contributed by atoms with Gasteiger partial charge in [-0.05, 0) is 65.8 Å². The standard InChI is InChI=1S/C15H14ClIN2O3S2/c16-13-6-7-14(23-13)24(21,22)19-8-2-5-12(19)15(20)18-11-4-1-3-10(17)9-11/h1,3-4,6-7,9,12H,2,5,8H2,(H,18,20)/t12-/m0/s1. The lowest BCUT2D eigenvalue weighted by Gasteiger charge is -2.22. The SMILES string of the molecule is O=C(Nc1cccc(I)c1)[C@@H]1CCCN1S(=O)(=O)c1ccc(Cl)s1. The van der Waals surface area contributed by atoms with Crippen LogP contribution in [0.25, 0.3) is 0 Å². The fraction of sp³-hybridized carbons (Fsp3) is 0.267. The zero-order valence-electron chi connectivity index (χ0n) is 12.4. The Labute approximate surface area is 163 Å². The molecule has 1 aromatic heterocycles. The molecule has 0 aliphatic carbocycles. The molecule has 1 amide bonds. The molecule has 0 spiro atoms. The van der Waals surface area contributed by atoms with Crippen molar-refractivity contribution in [2.24, 2.45) is 0 Å². The zero-order chi connectivity index (χ0) is 17.3. The van der Waals surface area contributed by atoms with Crippen LogP contribution in [-0.2, 0) is 14.8 Å². The summed E-state index contributed by atoms with van der Waals surface area (Å²) >= 11 is 9.01. The molecule has 1 aliphatic rings. The first-order valence-corrected chi connectivity index (χ1v) is 10.9. The summed E-state index contributed by atoms with van der Waals surface area (Å²) in [6.07, 6.45) is 1.16. The van der Waals surface area contributed by atoms with Crippen LogP contribution in [0.2, 0.25) is 4.34 Å². The van der Waals surface area contributed by atoms with E-state index in [1.165, 1.54) is 10.4 Å². The molecule has 2 heterocycles. The number of hydrogen-bond donors (Lipinski definition) is 1. The highest BCUT2D eigenvalue weighted by Crippen LogP contribution is 2.32. The number of amides is 1. The molecule has 0 bridgehead atoms. The number of carbonyl (C=O) groups excluding carboxylic acids is 1. The van der Waals surface area contributed by atoms with Crippen molar-refractivity contribution in [1.29, 1.82) is 0 Å². The fourth-order valence-electron chi connectivity index (χ4n) is 2.63. The molecule has 1 aliphatic heterocycles. The Balaban J connectivity index is 1.81. The molecule has 1 N–H and O–H groups in total. The molecule has 9 heteroatoms. The summed E-state index contributed by atoms with van der Waals surface area (Å²) in [5.74, 6) is -0.305. The van der Waals surface area contributed by atoms with Gasteiger partial charge in [-0.2, -0.15) is 4.31 Å². The van der Waals surface area contributed by atoms with E-state index in [1.807, 2.05) is 18.2 Å². The van der Waals surface area contributed by atoms with Gasteiger partial charge in [0, 0.05) is 15.8 Å². The van der Waals surface area contributed by atoms with E-state index in [2.05, 4.69) is 27.9 Å². The van der Waals surface area contributed by atoms with Crippen molar-refractivity contribution in [3.8, 4) is 0 Å². The van der Waals surface area contributed by atoms with Crippen LogP contribution < -0.4 is 5.32 Å². The van der Waals surface area contributed by atoms with E-state index >= 15 is 0 Å². The van der Waals surface area contributed by atoms with Gasteiger partial charge in [-0.15, -0.1) is 11.3 Å². The van der Waals surface area contributed by atoms with Crippen LogP contribution in [-0.4, -0.2) is 31.2 Å². The number of thiophene rings is 1. The zero-order valence-corrected chi connectivity index (χ0v) is 17.0. The minimum absolute atomic E-state index is 0.168. The van der Waals surface area contributed by atoms with E-state index in [0.29, 0.717) is 29.4 Å². The van der Waals surface area contributed by atoms with Crippen molar-refractivity contribution >= 4 is 67.1 Å². The lowest BCUT2D eigenvalue weighted by atomic mass is 10.2. The van der Waals surface area contributed by atoms with Crippen LogP contribution in [0.4, 0.5) is 5.69 Å². The second-order valence-electron chi connectivity index (χ2n) is 5.33. The predicted molar refractivity (Wildman–Crippen MR) is 104 cm³/mol. The highest BCUT2D eigenvalue weighted by Gasteiger charge is 2.40. The Morgan fingerprint density at radius 2 is 2.12 bits per heavy atom. The number of sulfonamides is 1. The van der Waals surface area contributed by atoms with E-state index in [-0.39, 0.29) is 10.1 Å². The predicted octanol–water partition coefficient (Wildman–Crippen LogP) is 3.80. The Hall–Kier alpha value is -0.680. The Kier molecular flexibility index (Phi) is 5.50. The first kappa shape index (κ1) is 18.1. The second kappa shape index (κ2) is 7.28. The highest BCUT2D eigenvalue weighted by molar-refractivity contribution is 14.1. The first-order valence-electron chi connectivity index (χ1n) is 7.21. The molecule has 24 heavy (non-hydrogen) atoms. The summed E-state index contributed by atoms with van der Waals surface area (Å²) in [6.45, 7) is 0.336. The van der Waals surface area contributed by atoms with Crippen LogP contribution in [0.5, 0.6) is 0 Å². The van der Waals surface area contributed by atoms with Gasteiger partial charge in [0.15, 0.2) is 0 Å². The summed E-state index contributed by atoms with van der Waals surface area (Å²) in [4.78, 5) is 12.6. The maximum Gasteiger partial charge on any atom is 0.253 e. The topological polar surface area (TPSA) is 66.5 Å². The molecule has 1 fully saturated rings. The summed E-state index contributed by atoms with van der Waals surface area (Å²) in [5.41, 5.74) is 0.662. The van der Waals surface area contributed by atoms with Crippen molar-refractivity contribution in [3.05, 3.63) is 44.3 Å². The Morgan fingerprint density at radius 3 is 2.79 bits per heavy atom. The molecular weight excluding hydrogens is 483 g/mol. The van der Waals surface area contributed by atoms with E-state index in [4.69, 9.17) is 11.6 Å². The maximum atomic E-state index is 12.8. The highest BCUT2D eigenvalue weighted by atomic mass is 127. The molecule has 1 saturated heterocycles. The minimum atomic E-state index is -3.71. The summed E-state index contributed by atoms with van der Waals surface area (Å²) in [7, 11) is -3.71. The Morgan fingerprint density at radius 1 is 1.33 bits per heavy atom. The van der Waals surface area contributed by atoms with Gasteiger partial charge in [-0.1, -0.05) is 17.7 Å². The van der Waals surface area contributed by atoms with Gasteiger partial charge in [-0.3, -0.25) is 4.79 Å². The van der Waals surface area contributed by atoms with Gasteiger partial charge in [0.1, 0.15) is 10.3 Å². The normalized spacial score (nSPS) is 18.7. The number of rotatable bonds is 4. The lowest BCUT2D eigenvalue weighted by Crippen LogP contribution is -2.42. The minimum Gasteiger partial charge on any atom is -0.325 e. The van der Waals surface area contributed by atoms with Gasteiger partial charge in [0.2, 0.25) is 5.91 Å². The largest absolute Gasteiger partial charge is 0.325 e. The van der Waals surface area contributed by atoms with Crippen LogP contribution in [0.1, 0.15) is 12.8 Å². The third kappa shape index (κ3) is 3.77. The molecule has 128 valence electrons. The number of nitrogens with zero attached hydrogens (tertiary/aromatic N) is 1. The van der Waals surface area contributed by atoms with Crippen molar-refractivity contribution in [1.82, 2.24) is 4.31 Å². The smallest absolute Gasteiger partial charge is 0.253 e. The van der Waals surface area contributed by atoms with Gasteiger partial charge >= 0.3 is 0 Å². The monoisotopic (exact) mass is 496 g/mol. The van der Waals surface area contributed by atoms with Gasteiger partial charge in [0.05, 0.1) is 4.34 Å². The number of anilines is 1. The summed E-state index contributed by atoms with van der Waals surface area (Å²) < 4.78 is 28.4. The summed E-state index contributed by atoms with van der Waals surface area (Å²) in [5, 5.41) is 2.81. The molecule has 1 atom stereocenters. The molecular formula is C15H14ClIN2O3S2. The van der Waals surface area contributed by atoms with Gasteiger partial charge in [0.25, 0.3) is 10.0 Å². The van der Waals surface area contributed by atoms with E-state index < -0.39 is 16.1 Å².